The van der Waals surface area contributed by atoms with E-state index < -0.39 is 15.9 Å². The molecule has 1 amide bonds. The van der Waals surface area contributed by atoms with Crippen LogP contribution < -0.4 is 0 Å². The molecule has 1 fully saturated rings. The van der Waals surface area contributed by atoms with Crippen LogP contribution in [-0.2, 0) is 9.84 Å². The highest BCUT2D eigenvalue weighted by Gasteiger charge is 2.33. The van der Waals surface area contributed by atoms with E-state index in [2.05, 4.69) is 0 Å². The second-order valence-corrected chi connectivity index (χ2v) is 5.65. The summed E-state index contributed by atoms with van der Waals surface area (Å²) in [7, 11) is -2.95. The number of amides is 1. The van der Waals surface area contributed by atoms with Crippen LogP contribution in [0.1, 0.15) is 6.92 Å². The zero-order valence-electron chi connectivity index (χ0n) is 7.43. The number of rotatable bonds is 3. The summed E-state index contributed by atoms with van der Waals surface area (Å²) >= 11 is 0. The Morgan fingerprint density at radius 3 is 2.46 bits per heavy atom. The first-order valence-electron chi connectivity index (χ1n) is 4.13. The SMILES string of the molecule is CCS(=O)(=O)CC1CN(C(=O)O)C1. The van der Waals surface area contributed by atoms with Crippen LogP contribution in [0.3, 0.4) is 0 Å². The van der Waals surface area contributed by atoms with E-state index >= 15 is 0 Å². The molecule has 5 nitrogen and oxygen atoms in total. The summed E-state index contributed by atoms with van der Waals surface area (Å²) in [5.74, 6) is 0.255. The molecule has 0 aliphatic carbocycles. The summed E-state index contributed by atoms with van der Waals surface area (Å²) in [6.45, 7) is 2.31. The maximum Gasteiger partial charge on any atom is 0.407 e. The zero-order valence-corrected chi connectivity index (χ0v) is 8.25. The molecule has 0 aromatic heterocycles. The Morgan fingerprint density at radius 1 is 1.54 bits per heavy atom. The summed E-state index contributed by atoms with van der Waals surface area (Å²) in [5.41, 5.74) is 0. The maximum absolute atomic E-state index is 11.1. The molecule has 0 spiro atoms. The fraction of sp³-hybridized carbons (Fsp3) is 0.857. The third kappa shape index (κ3) is 2.58. The molecule has 0 radical (unpaired) electrons. The highest BCUT2D eigenvalue weighted by Crippen LogP contribution is 2.17. The van der Waals surface area contributed by atoms with Gasteiger partial charge < -0.3 is 10.0 Å². The molecule has 1 N–H and O–H groups in total. The summed E-state index contributed by atoms with van der Waals surface area (Å²) in [4.78, 5) is 11.6. The van der Waals surface area contributed by atoms with Crippen LogP contribution >= 0.6 is 0 Å². The van der Waals surface area contributed by atoms with Crippen molar-refractivity contribution >= 4 is 15.9 Å². The van der Waals surface area contributed by atoms with Crippen LogP contribution in [-0.4, -0.2) is 49.1 Å². The smallest absolute Gasteiger partial charge is 0.407 e. The Labute approximate surface area is 77.3 Å². The third-order valence-electron chi connectivity index (χ3n) is 2.16. The topological polar surface area (TPSA) is 74.7 Å². The molecule has 13 heavy (non-hydrogen) atoms. The minimum atomic E-state index is -2.95. The van der Waals surface area contributed by atoms with E-state index in [9.17, 15) is 13.2 Å². The monoisotopic (exact) mass is 207 g/mol. The Balaban J connectivity index is 2.34. The van der Waals surface area contributed by atoms with Crippen LogP contribution in [0.5, 0.6) is 0 Å². The van der Waals surface area contributed by atoms with Crippen molar-refractivity contribution in [2.75, 3.05) is 24.6 Å². The molecule has 0 aromatic carbocycles. The predicted molar refractivity (Wildman–Crippen MR) is 47.4 cm³/mol. The van der Waals surface area contributed by atoms with Crippen LogP contribution in [0.25, 0.3) is 0 Å². The summed E-state index contributed by atoms with van der Waals surface area (Å²) in [6.07, 6.45) is -0.967. The summed E-state index contributed by atoms with van der Waals surface area (Å²) in [5, 5.41) is 8.48. The van der Waals surface area contributed by atoms with Gasteiger partial charge in [0.05, 0.1) is 5.75 Å². The van der Waals surface area contributed by atoms with E-state index in [0.29, 0.717) is 13.1 Å². The summed E-state index contributed by atoms with van der Waals surface area (Å²) < 4.78 is 22.2. The van der Waals surface area contributed by atoms with Crippen molar-refractivity contribution in [1.29, 1.82) is 0 Å². The molecule has 1 saturated heterocycles. The Kier molecular flexibility index (Phi) is 2.80. The first-order valence-corrected chi connectivity index (χ1v) is 5.95. The van der Waals surface area contributed by atoms with Gasteiger partial charge in [0.1, 0.15) is 9.84 Å². The van der Waals surface area contributed by atoms with Crippen molar-refractivity contribution in [2.45, 2.75) is 6.92 Å². The average molecular weight is 207 g/mol. The third-order valence-corrected chi connectivity index (χ3v) is 4.02. The number of sulfone groups is 1. The molecule has 76 valence electrons. The largest absolute Gasteiger partial charge is 0.465 e. The standard InChI is InChI=1S/C7H13NO4S/c1-2-13(11,12)5-6-3-8(4-6)7(9)10/h6H,2-5H2,1H3,(H,9,10). The van der Waals surface area contributed by atoms with Crippen LogP contribution in [0.15, 0.2) is 0 Å². The molecule has 1 rings (SSSR count). The fourth-order valence-electron chi connectivity index (χ4n) is 1.31. The van der Waals surface area contributed by atoms with E-state index in [1.54, 1.807) is 6.92 Å². The van der Waals surface area contributed by atoms with E-state index in [1.807, 2.05) is 0 Å². The number of hydrogen-bond acceptors (Lipinski definition) is 3. The Morgan fingerprint density at radius 2 is 2.08 bits per heavy atom. The number of hydrogen-bond donors (Lipinski definition) is 1. The van der Waals surface area contributed by atoms with Gasteiger partial charge >= 0.3 is 6.09 Å². The maximum atomic E-state index is 11.1. The molecular formula is C7H13NO4S. The minimum absolute atomic E-state index is 0.000972. The molecule has 0 bridgehead atoms. The predicted octanol–water partition coefficient (Wildman–Crippen LogP) is 0.0309. The molecule has 6 heteroatoms. The van der Waals surface area contributed by atoms with Crippen molar-refractivity contribution in [3.05, 3.63) is 0 Å². The Bertz CT molecular complexity index is 292. The van der Waals surface area contributed by atoms with Gasteiger partial charge in [0.15, 0.2) is 0 Å². The van der Waals surface area contributed by atoms with Gasteiger partial charge in [0.2, 0.25) is 0 Å². The van der Waals surface area contributed by atoms with Crippen molar-refractivity contribution in [3.8, 4) is 0 Å². The zero-order chi connectivity index (χ0) is 10.1. The van der Waals surface area contributed by atoms with Gasteiger partial charge in [-0.15, -0.1) is 0 Å². The lowest BCUT2D eigenvalue weighted by atomic mass is 10.0. The lowest BCUT2D eigenvalue weighted by Crippen LogP contribution is -2.51. The van der Waals surface area contributed by atoms with Gasteiger partial charge in [-0.1, -0.05) is 6.92 Å². The van der Waals surface area contributed by atoms with Gasteiger partial charge in [0, 0.05) is 24.8 Å². The molecule has 1 aliphatic rings. The van der Waals surface area contributed by atoms with Crippen LogP contribution in [0.2, 0.25) is 0 Å². The van der Waals surface area contributed by atoms with Crippen LogP contribution in [0.4, 0.5) is 4.79 Å². The van der Waals surface area contributed by atoms with Crippen molar-refractivity contribution in [3.63, 3.8) is 0 Å². The van der Waals surface area contributed by atoms with E-state index in [0.717, 1.165) is 0 Å². The van der Waals surface area contributed by atoms with Crippen molar-refractivity contribution in [1.82, 2.24) is 4.90 Å². The van der Waals surface area contributed by atoms with Gasteiger partial charge in [-0.05, 0) is 0 Å². The lowest BCUT2D eigenvalue weighted by Gasteiger charge is -2.36. The highest BCUT2D eigenvalue weighted by atomic mass is 32.2. The first kappa shape index (κ1) is 10.3. The van der Waals surface area contributed by atoms with Gasteiger partial charge in [-0.2, -0.15) is 0 Å². The highest BCUT2D eigenvalue weighted by molar-refractivity contribution is 7.91. The molecule has 1 heterocycles. The minimum Gasteiger partial charge on any atom is -0.465 e. The normalized spacial score (nSPS) is 18.4. The Hall–Kier alpha value is -0.780. The number of nitrogens with zero attached hydrogens (tertiary/aromatic N) is 1. The lowest BCUT2D eigenvalue weighted by molar-refractivity contribution is 0.0894. The van der Waals surface area contributed by atoms with Crippen molar-refractivity contribution < 1.29 is 18.3 Å². The number of likely N-dealkylation sites (tertiary alicyclic amines) is 1. The van der Waals surface area contributed by atoms with E-state index in [-0.39, 0.29) is 17.4 Å². The molecule has 0 aromatic rings. The van der Waals surface area contributed by atoms with E-state index in [1.165, 1.54) is 4.90 Å². The second-order valence-electron chi connectivity index (χ2n) is 3.25. The molecule has 0 atom stereocenters. The molecule has 0 unspecified atom stereocenters. The quantitative estimate of drug-likeness (QED) is 0.708. The average Bonchev–Trinajstić information content (AvgIpc) is 1.95. The fourth-order valence-corrected chi connectivity index (χ4v) is 2.47. The molecular weight excluding hydrogens is 194 g/mol. The first-order chi connectivity index (χ1) is 5.94. The second kappa shape index (κ2) is 3.53. The molecule has 1 aliphatic heterocycles. The van der Waals surface area contributed by atoms with Crippen LogP contribution in [0, 0.1) is 5.92 Å². The van der Waals surface area contributed by atoms with E-state index in [4.69, 9.17) is 5.11 Å². The van der Waals surface area contributed by atoms with Crippen molar-refractivity contribution in [2.24, 2.45) is 5.92 Å². The van der Waals surface area contributed by atoms with Gasteiger partial charge in [0.25, 0.3) is 0 Å². The van der Waals surface area contributed by atoms with Gasteiger partial charge in [-0.25, -0.2) is 13.2 Å². The summed E-state index contributed by atoms with van der Waals surface area (Å²) in [6, 6.07) is 0. The number of carbonyl (C=O) groups is 1. The molecule has 0 saturated carbocycles. The number of carboxylic acid groups (broad SMARTS) is 1. The van der Waals surface area contributed by atoms with Gasteiger partial charge in [-0.3, -0.25) is 0 Å².